The lowest BCUT2D eigenvalue weighted by molar-refractivity contribution is 0.414. The van der Waals surface area contributed by atoms with Gasteiger partial charge in [-0.25, -0.2) is 9.07 Å². The van der Waals surface area contributed by atoms with Crippen LogP contribution in [0.2, 0.25) is 0 Å². The standard InChI is InChI=1S/C19H15FN4O2/c1-26-15-4-2-3-12(7-15)11-24-19(25)17-13(10-23-24)5-6-16(18(17)20)14-8-21-22-9-14/h2-10H,11H2,1H3,(H,21,22). The van der Waals surface area contributed by atoms with Gasteiger partial charge in [-0.3, -0.25) is 9.89 Å². The zero-order valence-electron chi connectivity index (χ0n) is 13.9. The molecule has 6 nitrogen and oxygen atoms in total. The number of rotatable bonds is 4. The fourth-order valence-electron chi connectivity index (χ4n) is 2.91. The lowest BCUT2D eigenvalue weighted by Crippen LogP contribution is -2.24. The molecule has 1 N–H and O–H groups in total. The Morgan fingerprint density at radius 3 is 2.88 bits per heavy atom. The average molecular weight is 350 g/mol. The summed E-state index contributed by atoms with van der Waals surface area (Å²) in [4.78, 5) is 12.8. The predicted octanol–water partition coefficient (Wildman–Crippen LogP) is 2.98. The van der Waals surface area contributed by atoms with E-state index in [0.717, 1.165) is 5.56 Å². The van der Waals surface area contributed by atoms with E-state index in [-0.39, 0.29) is 11.9 Å². The minimum Gasteiger partial charge on any atom is -0.497 e. The minimum atomic E-state index is -0.573. The van der Waals surface area contributed by atoms with Crippen molar-refractivity contribution >= 4 is 10.8 Å². The van der Waals surface area contributed by atoms with Crippen molar-refractivity contribution in [3.8, 4) is 16.9 Å². The smallest absolute Gasteiger partial charge is 0.277 e. The van der Waals surface area contributed by atoms with Crippen LogP contribution in [0.1, 0.15) is 5.56 Å². The van der Waals surface area contributed by atoms with Gasteiger partial charge in [0.25, 0.3) is 5.56 Å². The second-order valence-corrected chi connectivity index (χ2v) is 5.84. The number of fused-ring (bicyclic) bond motifs is 1. The first-order valence-electron chi connectivity index (χ1n) is 7.98. The van der Waals surface area contributed by atoms with Gasteiger partial charge in [0.05, 0.1) is 31.4 Å². The third-order valence-corrected chi connectivity index (χ3v) is 4.23. The summed E-state index contributed by atoms with van der Waals surface area (Å²) in [5.74, 6) is 0.112. The molecule has 0 saturated heterocycles. The van der Waals surface area contributed by atoms with Crippen molar-refractivity contribution in [3.05, 3.63) is 76.7 Å². The first kappa shape index (κ1) is 16.0. The summed E-state index contributed by atoms with van der Waals surface area (Å²) in [5, 5.41) is 11.1. The number of benzene rings is 2. The van der Waals surface area contributed by atoms with E-state index in [9.17, 15) is 4.79 Å². The monoisotopic (exact) mass is 350 g/mol. The van der Waals surface area contributed by atoms with Gasteiger partial charge in [-0.05, 0) is 17.7 Å². The van der Waals surface area contributed by atoms with Crippen LogP contribution in [-0.4, -0.2) is 27.1 Å². The number of halogens is 1. The second kappa shape index (κ2) is 6.44. The van der Waals surface area contributed by atoms with Crippen molar-refractivity contribution in [3.63, 3.8) is 0 Å². The number of H-pyrrole nitrogens is 1. The molecule has 2 heterocycles. The molecule has 0 saturated carbocycles. The number of aromatic amines is 1. The molecule has 4 aromatic rings. The van der Waals surface area contributed by atoms with Crippen LogP contribution in [0.3, 0.4) is 0 Å². The number of aromatic nitrogens is 4. The number of nitrogens with one attached hydrogen (secondary N) is 1. The van der Waals surface area contributed by atoms with E-state index in [0.29, 0.717) is 22.3 Å². The number of hydrogen-bond donors (Lipinski definition) is 1. The maximum Gasteiger partial charge on any atom is 0.277 e. The number of ether oxygens (including phenoxy) is 1. The Hall–Kier alpha value is -3.48. The summed E-state index contributed by atoms with van der Waals surface area (Å²) in [5.41, 5.74) is 1.26. The molecule has 0 unspecified atom stereocenters. The Kier molecular flexibility index (Phi) is 3.96. The van der Waals surface area contributed by atoms with Crippen molar-refractivity contribution < 1.29 is 9.13 Å². The summed E-state index contributed by atoms with van der Waals surface area (Å²) >= 11 is 0. The molecule has 0 amide bonds. The van der Waals surface area contributed by atoms with Gasteiger partial charge in [0.2, 0.25) is 0 Å². The van der Waals surface area contributed by atoms with Gasteiger partial charge in [0.1, 0.15) is 11.6 Å². The Bertz CT molecular complexity index is 1140. The second-order valence-electron chi connectivity index (χ2n) is 5.84. The van der Waals surface area contributed by atoms with E-state index in [1.165, 1.54) is 17.1 Å². The highest BCUT2D eigenvalue weighted by Crippen LogP contribution is 2.26. The lowest BCUT2D eigenvalue weighted by Gasteiger charge is -2.09. The first-order valence-corrected chi connectivity index (χ1v) is 7.98. The fourth-order valence-corrected chi connectivity index (χ4v) is 2.91. The van der Waals surface area contributed by atoms with Crippen LogP contribution in [0.4, 0.5) is 4.39 Å². The van der Waals surface area contributed by atoms with Gasteiger partial charge in [-0.15, -0.1) is 0 Å². The molecule has 26 heavy (non-hydrogen) atoms. The Morgan fingerprint density at radius 2 is 2.12 bits per heavy atom. The third-order valence-electron chi connectivity index (χ3n) is 4.23. The molecule has 0 aliphatic carbocycles. The van der Waals surface area contributed by atoms with Gasteiger partial charge in [0, 0.05) is 22.7 Å². The normalized spacial score (nSPS) is 11.0. The molecular weight excluding hydrogens is 335 g/mol. The molecule has 0 bridgehead atoms. The summed E-state index contributed by atoms with van der Waals surface area (Å²) in [7, 11) is 1.58. The van der Waals surface area contributed by atoms with Crippen molar-refractivity contribution in [1.82, 2.24) is 20.0 Å². The summed E-state index contributed by atoms with van der Waals surface area (Å²) in [6.45, 7) is 0.224. The summed E-state index contributed by atoms with van der Waals surface area (Å²) < 4.78 is 21.5. The van der Waals surface area contributed by atoms with Gasteiger partial charge >= 0.3 is 0 Å². The first-order chi connectivity index (χ1) is 12.7. The van der Waals surface area contributed by atoms with Gasteiger partial charge < -0.3 is 4.74 Å². The van der Waals surface area contributed by atoms with Crippen LogP contribution in [0.15, 0.2) is 59.8 Å². The zero-order chi connectivity index (χ0) is 18.1. The van der Waals surface area contributed by atoms with Crippen LogP contribution in [0, 0.1) is 5.82 Å². The van der Waals surface area contributed by atoms with Crippen molar-refractivity contribution in [1.29, 1.82) is 0 Å². The largest absolute Gasteiger partial charge is 0.497 e. The van der Waals surface area contributed by atoms with E-state index >= 15 is 4.39 Å². The average Bonchev–Trinajstić information content (AvgIpc) is 3.19. The van der Waals surface area contributed by atoms with Crippen LogP contribution in [0.5, 0.6) is 5.75 Å². The molecule has 2 aromatic heterocycles. The molecule has 4 rings (SSSR count). The predicted molar refractivity (Wildman–Crippen MR) is 95.6 cm³/mol. The molecule has 0 aliphatic rings. The zero-order valence-corrected chi connectivity index (χ0v) is 13.9. The fraction of sp³-hybridized carbons (Fsp3) is 0.105. The molecule has 0 fully saturated rings. The maximum atomic E-state index is 15.0. The number of nitrogens with zero attached hydrogens (tertiary/aromatic N) is 3. The molecule has 2 aromatic carbocycles. The topological polar surface area (TPSA) is 72.8 Å². The van der Waals surface area contributed by atoms with E-state index in [1.807, 2.05) is 24.3 Å². The highest BCUT2D eigenvalue weighted by molar-refractivity contribution is 5.86. The van der Waals surface area contributed by atoms with Crippen LogP contribution in [0.25, 0.3) is 21.9 Å². The van der Waals surface area contributed by atoms with Crippen molar-refractivity contribution in [2.24, 2.45) is 0 Å². The lowest BCUT2D eigenvalue weighted by atomic mass is 10.0. The molecule has 7 heteroatoms. The molecule has 0 radical (unpaired) electrons. The maximum absolute atomic E-state index is 15.0. The molecule has 0 atom stereocenters. The van der Waals surface area contributed by atoms with Crippen LogP contribution in [-0.2, 0) is 6.54 Å². The summed E-state index contributed by atoms with van der Waals surface area (Å²) in [6, 6.07) is 10.6. The minimum absolute atomic E-state index is 0.0154. The van der Waals surface area contributed by atoms with Crippen LogP contribution >= 0.6 is 0 Å². The summed E-state index contributed by atoms with van der Waals surface area (Å²) in [6.07, 6.45) is 4.60. The Labute approximate surface area is 147 Å². The highest BCUT2D eigenvalue weighted by Gasteiger charge is 2.15. The quantitative estimate of drug-likeness (QED) is 0.614. The van der Waals surface area contributed by atoms with E-state index in [2.05, 4.69) is 15.3 Å². The molecule has 0 spiro atoms. The molecular formula is C19H15FN4O2. The Balaban J connectivity index is 1.83. The highest BCUT2D eigenvalue weighted by atomic mass is 19.1. The molecule has 130 valence electrons. The van der Waals surface area contributed by atoms with Gasteiger partial charge in [0.15, 0.2) is 0 Å². The van der Waals surface area contributed by atoms with Gasteiger partial charge in [-0.1, -0.05) is 24.3 Å². The van der Waals surface area contributed by atoms with E-state index in [1.54, 1.807) is 25.4 Å². The Morgan fingerprint density at radius 1 is 1.23 bits per heavy atom. The molecule has 0 aliphatic heterocycles. The van der Waals surface area contributed by atoms with E-state index < -0.39 is 11.4 Å². The number of methoxy groups -OCH3 is 1. The van der Waals surface area contributed by atoms with Crippen molar-refractivity contribution in [2.45, 2.75) is 6.54 Å². The number of hydrogen-bond acceptors (Lipinski definition) is 4. The van der Waals surface area contributed by atoms with Crippen LogP contribution < -0.4 is 10.3 Å². The SMILES string of the molecule is COc1cccc(Cn2ncc3ccc(-c4cn[nH]c4)c(F)c3c2=O)c1. The third kappa shape index (κ3) is 2.73. The van der Waals surface area contributed by atoms with Crippen molar-refractivity contribution in [2.75, 3.05) is 7.11 Å². The van der Waals surface area contributed by atoms with Gasteiger partial charge in [-0.2, -0.15) is 10.2 Å². The van der Waals surface area contributed by atoms with E-state index in [4.69, 9.17) is 4.74 Å².